The second kappa shape index (κ2) is 8.19. The first-order chi connectivity index (χ1) is 11.2. The molecule has 2 N–H and O–H groups in total. The van der Waals surface area contributed by atoms with Crippen molar-refractivity contribution in [3.05, 3.63) is 11.1 Å². The molecule has 0 aromatic carbocycles. The van der Waals surface area contributed by atoms with Crippen LogP contribution in [-0.2, 0) is 0 Å². The quantitative estimate of drug-likeness (QED) is 0.602. The Kier molecular flexibility index (Phi) is 6.77. The predicted molar refractivity (Wildman–Crippen MR) is 102 cm³/mol. The van der Waals surface area contributed by atoms with Crippen LogP contribution in [0.2, 0.25) is 0 Å². The molecule has 0 aliphatic heterocycles. The maximum absolute atomic E-state index is 4.50. The molecule has 2 fully saturated rings. The second-order valence-corrected chi connectivity index (χ2v) is 8.37. The minimum atomic E-state index is 0.691. The fourth-order valence-electron chi connectivity index (χ4n) is 6.70. The highest BCUT2D eigenvalue weighted by molar-refractivity contribution is 5.24. The highest BCUT2D eigenvalue weighted by Crippen LogP contribution is 2.63. The topological polar surface area (TPSA) is 26.0 Å². The van der Waals surface area contributed by atoms with Gasteiger partial charge < -0.3 is 5.73 Å². The minimum absolute atomic E-state index is 0.691. The second-order valence-electron chi connectivity index (χ2n) is 8.37. The van der Waals surface area contributed by atoms with Crippen LogP contribution in [0.15, 0.2) is 11.1 Å². The van der Waals surface area contributed by atoms with E-state index in [4.69, 9.17) is 0 Å². The molecule has 2 saturated carbocycles. The van der Waals surface area contributed by atoms with Gasteiger partial charge >= 0.3 is 0 Å². The maximum atomic E-state index is 4.50. The smallest absolute Gasteiger partial charge is 0.0169 e. The molecule has 0 aromatic heterocycles. The van der Waals surface area contributed by atoms with E-state index in [0.29, 0.717) is 5.41 Å². The molecule has 134 valence electrons. The van der Waals surface area contributed by atoms with E-state index in [1.807, 2.05) is 11.1 Å². The monoisotopic (exact) mass is 319 g/mol. The van der Waals surface area contributed by atoms with E-state index >= 15 is 0 Å². The normalized spacial score (nSPS) is 39.4. The lowest BCUT2D eigenvalue weighted by Crippen LogP contribution is -2.43. The average molecular weight is 320 g/mol. The van der Waals surface area contributed by atoms with Crippen molar-refractivity contribution in [1.29, 1.82) is 0 Å². The standard InChI is InChI=1S/C21H36.CH5N/c1-5-8-17-15(6-2)9-11-19-18(17)13-14-21(4)16(7-3)10-12-20(19)21;1-2/h16,18-20H,5-14H2,1-4H3;2H2,1H3. The van der Waals surface area contributed by atoms with E-state index in [1.165, 1.54) is 71.3 Å². The van der Waals surface area contributed by atoms with Gasteiger partial charge in [-0.3, -0.25) is 0 Å². The lowest BCUT2D eigenvalue weighted by atomic mass is 9.53. The molecule has 0 amide bonds. The third-order valence-corrected chi connectivity index (χ3v) is 7.75. The summed E-state index contributed by atoms with van der Waals surface area (Å²) < 4.78 is 0. The van der Waals surface area contributed by atoms with Crippen LogP contribution in [0.5, 0.6) is 0 Å². The molecule has 1 heteroatoms. The van der Waals surface area contributed by atoms with Gasteiger partial charge in [-0.05, 0) is 87.5 Å². The molecule has 0 bridgehead atoms. The Bertz CT molecular complexity index is 410. The van der Waals surface area contributed by atoms with Gasteiger partial charge in [-0.1, -0.05) is 51.7 Å². The Morgan fingerprint density at radius 3 is 2.39 bits per heavy atom. The Hall–Kier alpha value is -0.300. The summed E-state index contributed by atoms with van der Waals surface area (Å²) in [6.45, 7) is 9.86. The van der Waals surface area contributed by atoms with Crippen molar-refractivity contribution in [2.24, 2.45) is 34.8 Å². The molecular weight excluding hydrogens is 278 g/mol. The maximum Gasteiger partial charge on any atom is -0.0169 e. The van der Waals surface area contributed by atoms with E-state index in [-0.39, 0.29) is 0 Å². The zero-order valence-corrected chi connectivity index (χ0v) is 16.5. The van der Waals surface area contributed by atoms with Gasteiger partial charge in [0.15, 0.2) is 0 Å². The van der Waals surface area contributed by atoms with Gasteiger partial charge in [-0.15, -0.1) is 0 Å². The summed E-state index contributed by atoms with van der Waals surface area (Å²) in [6.07, 6.45) is 14.5. The third kappa shape index (κ3) is 3.28. The van der Waals surface area contributed by atoms with E-state index in [1.54, 1.807) is 0 Å². The highest BCUT2D eigenvalue weighted by Gasteiger charge is 2.53. The lowest BCUT2D eigenvalue weighted by Gasteiger charge is -2.51. The Morgan fingerprint density at radius 2 is 1.78 bits per heavy atom. The molecule has 0 aromatic rings. The van der Waals surface area contributed by atoms with Gasteiger partial charge in [0.25, 0.3) is 0 Å². The fourth-order valence-corrected chi connectivity index (χ4v) is 6.70. The van der Waals surface area contributed by atoms with Crippen LogP contribution >= 0.6 is 0 Å². The molecule has 5 atom stereocenters. The number of nitrogens with two attached hydrogens (primary N) is 1. The SMILES string of the molecule is CCCC1=C(CC)CCC2C1CCC1(C)C(CC)CCC21.CN. The Morgan fingerprint density at radius 1 is 1.04 bits per heavy atom. The molecule has 0 heterocycles. The molecule has 3 rings (SSSR count). The predicted octanol–water partition coefficient (Wildman–Crippen LogP) is 6.33. The average Bonchev–Trinajstić information content (AvgIpc) is 2.93. The molecule has 0 spiro atoms. The fraction of sp³-hybridized carbons (Fsp3) is 0.909. The summed E-state index contributed by atoms with van der Waals surface area (Å²) in [7, 11) is 1.50. The van der Waals surface area contributed by atoms with Crippen LogP contribution < -0.4 is 5.73 Å². The molecule has 0 saturated heterocycles. The summed E-state index contributed by atoms with van der Waals surface area (Å²) in [5.74, 6) is 4.08. The first-order valence-electron chi connectivity index (χ1n) is 10.4. The van der Waals surface area contributed by atoms with Crippen molar-refractivity contribution >= 4 is 0 Å². The van der Waals surface area contributed by atoms with Crippen molar-refractivity contribution in [3.8, 4) is 0 Å². The van der Waals surface area contributed by atoms with Crippen molar-refractivity contribution in [2.45, 2.75) is 91.9 Å². The van der Waals surface area contributed by atoms with E-state index in [0.717, 1.165) is 23.7 Å². The number of hydrogen-bond donors (Lipinski definition) is 1. The van der Waals surface area contributed by atoms with Crippen molar-refractivity contribution in [3.63, 3.8) is 0 Å². The van der Waals surface area contributed by atoms with E-state index < -0.39 is 0 Å². The first kappa shape index (κ1) is 19.0. The zero-order valence-electron chi connectivity index (χ0n) is 16.5. The van der Waals surface area contributed by atoms with Crippen LogP contribution in [0.1, 0.15) is 91.9 Å². The zero-order chi connectivity index (χ0) is 17.0. The van der Waals surface area contributed by atoms with Crippen LogP contribution in [-0.4, -0.2) is 7.05 Å². The summed E-state index contributed by atoms with van der Waals surface area (Å²) in [4.78, 5) is 0. The van der Waals surface area contributed by atoms with Crippen LogP contribution in [0.3, 0.4) is 0 Å². The van der Waals surface area contributed by atoms with Crippen molar-refractivity contribution in [2.75, 3.05) is 7.05 Å². The highest BCUT2D eigenvalue weighted by atomic mass is 14.6. The largest absolute Gasteiger partial charge is 0.333 e. The van der Waals surface area contributed by atoms with E-state index in [2.05, 4.69) is 33.4 Å². The molecule has 0 radical (unpaired) electrons. The van der Waals surface area contributed by atoms with Gasteiger partial charge in [0.1, 0.15) is 0 Å². The van der Waals surface area contributed by atoms with Crippen LogP contribution in [0.4, 0.5) is 0 Å². The Labute approximate surface area is 145 Å². The van der Waals surface area contributed by atoms with Crippen molar-refractivity contribution in [1.82, 2.24) is 0 Å². The summed E-state index contributed by atoms with van der Waals surface area (Å²) in [5, 5.41) is 0. The van der Waals surface area contributed by atoms with Gasteiger partial charge in [0, 0.05) is 0 Å². The molecule has 23 heavy (non-hydrogen) atoms. The number of allylic oxidation sites excluding steroid dienone is 2. The molecule has 3 aliphatic carbocycles. The number of fused-ring (bicyclic) bond motifs is 3. The van der Waals surface area contributed by atoms with Gasteiger partial charge in [0.2, 0.25) is 0 Å². The first-order valence-corrected chi connectivity index (χ1v) is 10.4. The summed E-state index contributed by atoms with van der Waals surface area (Å²) >= 11 is 0. The Balaban J connectivity index is 0.000000924. The molecular formula is C22H41N. The van der Waals surface area contributed by atoms with Gasteiger partial charge in [-0.2, -0.15) is 0 Å². The number of hydrogen-bond acceptors (Lipinski definition) is 1. The molecule has 3 aliphatic rings. The minimum Gasteiger partial charge on any atom is -0.333 e. The van der Waals surface area contributed by atoms with Crippen molar-refractivity contribution < 1.29 is 0 Å². The molecule has 1 nitrogen and oxygen atoms in total. The van der Waals surface area contributed by atoms with Gasteiger partial charge in [-0.25, -0.2) is 0 Å². The number of rotatable bonds is 4. The van der Waals surface area contributed by atoms with E-state index in [9.17, 15) is 0 Å². The summed E-state index contributed by atoms with van der Waals surface area (Å²) in [6, 6.07) is 0. The third-order valence-electron chi connectivity index (χ3n) is 7.75. The van der Waals surface area contributed by atoms with Gasteiger partial charge in [0.05, 0.1) is 0 Å². The van der Waals surface area contributed by atoms with Crippen LogP contribution in [0, 0.1) is 29.1 Å². The molecule has 5 unspecified atom stereocenters. The lowest BCUT2D eigenvalue weighted by molar-refractivity contribution is 0.0130. The summed E-state index contributed by atoms with van der Waals surface area (Å²) in [5.41, 5.74) is 8.97. The van der Waals surface area contributed by atoms with Crippen LogP contribution in [0.25, 0.3) is 0 Å².